The summed E-state index contributed by atoms with van der Waals surface area (Å²) in [4.78, 5) is 14.9. The maximum Gasteiger partial charge on any atom is 0.295 e. The number of nitrogens with zero attached hydrogens (tertiary/aromatic N) is 1. The minimum atomic E-state index is -0.0385. The van der Waals surface area contributed by atoms with E-state index in [1.807, 2.05) is 49.4 Å². The van der Waals surface area contributed by atoms with Crippen molar-refractivity contribution in [1.29, 1.82) is 0 Å². The SMILES string of the molecule is Cc1cccc(/C=N\NC(=O)C[NH+]2CC[NH+](Cc3ccccc3Cl)CC2)c1. The Hall–Kier alpha value is -2.21. The maximum absolute atomic E-state index is 12.1. The molecule has 1 aliphatic rings. The first-order chi connectivity index (χ1) is 13.1. The fourth-order valence-electron chi connectivity index (χ4n) is 3.42. The lowest BCUT2D eigenvalue weighted by Crippen LogP contribution is -3.28. The highest BCUT2D eigenvalue weighted by molar-refractivity contribution is 6.31. The van der Waals surface area contributed by atoms with Gasteiger partial charge in [0, 0.05) is 10.6 Å². The summed E-state index contributed by atoms with van der Waals surface area (Å²) < 4.78 is 0. The molecule has 0 aliphatic carbocycles. The molecule has 1 aliphatic heterocycles. The molecule has 142 valence electrons. The Balaban J connectivity index is 1.39. The average molecular weight is 387 g/mol. The molecule has 0 atom stereocenters. The standard InChI is InChI=1S/C21H25ClN4O/c1-17-5-4-6-18(13-17)14-23-24-21(27)16-26-11-9-25(10-12-26)15-19-7-2-3-8-20(19)22/h2-8,13-14H,9-12,15-16H2,1H3,(H,24,27)/p+2/b23-14-. The topological polar surface area (TPSA) is 50.3 Å². The van der Waals surface area contributed by atoms with Crippen molar-refractivity contribution in [3.8, 4) is 0 Å². The molecule has 0 aromatic heterocycles. The van der Waals surface area contributed by atoms with Crippen molar-refractivity contribution in [2.24, 2.45) is 5.10 Å². The van der Waals surface area contributed by atoms with E-state index in [-0.39, 0.29) is 5.91 Å². The fourth-order valence-corrected chi connectivity index (χ4v) is 3.62. The highest BCUT2D eigenvalue weighted by atomic mass is 35.5. The van der Waals surface area contributed by atoms with E-state index in [2.05, 4.69) is 16.6 Å². The van der Waals surface area contributed by atoms with E-state index in [1.165, 1.54) is 20.9 Å². The lowest BCUT2D eigenvalue weighted by molar-refractivity contribution is -1.02. The van der Waals surface area contributed by atoms with Crippen molar-refractivity contribution in [3.05, 3.63) is 70.2 Å². The molecule has 3 rings (SSSR count). The number of piperazine rings is 1. The number of hydrogen-bond donors (Lipinski definition) is 3. The molecule has 0 radical (unpaired) electrons. The van der Waals surface area contributed by atoms with Crippen LogP contribution in [0.15, 0.2) is 53.6 Å². The van der Waals surface area contributed by atoms with Gasteiger partial charge in [0.05, 0.1) is 6.21 Å². The molecule has 1 amide bonds. The molecule has 2 aromatic carbocycles. The van der Waals surface area contributed by atoms with Crippen LogP contribution in [0.4, 0.5) is 0 Å². The molecule has 6 heteroatoms. The quantitative estimate of drug-likeness (QED) is 0.478. The van der Waals surface area contributed by atoms with Gasteiger partial charge in [-0.3, -0.25) is 4.79 Å². The predicted octanol–water partition coefficient (Wildman–Crippen LogP) is 0.0821. The summed E-state index contributed by atoms with van der Waals surface area (Å²) in [6, 6.07) is 16.0. The molecule has 3 N–H and O–H groups in total. The second kappa shape index (κ2) is 9.65. The minimum absolute atomic E-state index is 0.0385. The van der Waals surface area contributed by atoms with Crippen LogP contribution >= 0.6 is 11.6 Å². The van der Waals surface area contributed by atoms with Crippen molar-refractivity contribution in [3.63, 3.8) is 0 Å². The molecule has 0 saturated carbocycles. The first-order valence-corrected chi connectivity index (χ1v) is 9.77. The van der Waals surface area contributed by atoms with Gasteiger partial charge in [-0.2, -0.15) is 5.10 Å². The van der Waals surface area contributed by atoms with Crippen LogP contribution in [0.5, 0.6) is 0 Å². The Morgan fingerprint density at radius 1 is 1.11 bits per heavy atom. The zero-order valence-corrected chi connectivity index (χ0v) is 16.4. The number of amides is 1. The van der Waals surface area contributed by atoms with E-state index in [9.17, 15) is 4.79 Å². The van der Waals surface area contributed by atoms with Crippen molar-refractivity contribution in [1.82, 2.24) is 5.43 Å². The molecular formula is C21H27ClN4O+2. The van der Waals surface area contributed by atoms with Crippen LogP contribution in [-0.2, 0) is 11.3 Å². The van der Waals surface area contributed by atoms with Crippen LogP contribution in [0.2, 0.25) is 5.02 Å². The van der Waals surface area contributed by atoms with E-state index in [0.717, 1.165) is 43.3 Å². The number of quaternary nitrogens is 2. The Bertz CT molecular complexity index is 800. The molecular weight excluding hydrogens is 360 g/mol. The smallest absolute Gasteiger partial charge is 0.295 e. The maximum atomic E-state index is 12.1. The molecule has 27 heavy (non-hydrogen) atoms. The van der Waals surface area contributed by atoms with Gasteiger partial charge >= 0.3 is 0 Å². The van der Waals surface area contributed by atoms with Crippen LogP contribution in [0, 0.1) is 6.92 Å². The third-order valence-corrected chi connectivity index (χ3v) is 5.29. The number of hydrogen-bond acceptors (Lipinski definition) is 2. The summed E-state index contributed by atoms with van der Waals surface area (Å²) in [6.07, 6.45) is 1.69. The molecule has 1 saturated heterocycles. The third-order valence-electron chi connectivity index (χ3n) is 4.92. The van der Waals surface area contributed by atoms with Gasteiger partial charge in [0.25, 0.3) is 5.91 Å². The molecule has 0 spiro atoms. The van der Waals surface area contributed by atoms with Crippen molar-refractivity contribution >= 4 is 23.7 Å². The minimum Gasteiger partial charge on any atom is -0.322 e. The van der Waals surface area contributed by atoms with Gasteiger partial charge in [-0.15, -0.1) is 0 Å². The summed E-state index contributed by atoms with van der Waals surface area (Å²) >= 11 is 6.26. The third kappa shape index (κ3) is 6.17. The van der Waals surface area contributed by atoms with Crippen molar-refractivity contribution < 1.29 is 14.6 Å². The number of nitrogens with one attached hydrogen (secondary N) is 3. The highest BCUT2D eigenvalue weighted by Crippen LogP contribution is 2.13. The number of benzene rings is 2. The van der Waals surface area contributed by atoms with Gasteiger partial charge in [-0.1, -0.05) is 59.6 Å². The zero-order valence-electron chi connectivity index (χ0n) is 15.7. The lowest BCUT2D eigenvalue weighted by atomic mass is 10.2. The molecule has 1 fully saturated rings. The van der Waals surface area contributed by atoms with Gasteiger partial charge in [-0.05, 0) is 18.6 Å². The Labute approximate surface area is 165 Å². The van der Waals surface area contributed by atoms with E-state index in [0.29, 0.717) is 6.54 Å². The second-order valence-electron chi connectivity index (χ2n) is 7.15. The van der Waals surface area contributed by atoms with Crippen LogP contribution < -0.4 is 15.2 Å². The fraction of sp³-hybridized carbons (Fsp3) is 0.333. The van der Waals surface area contributed by atoms with E-state index >= 15 is 0 Å². The number of rotatable bonds is 6. The van der Waals surface area contributed by atoms with Gasteiger partial charge < -0.3 is 9.80 Å². The van der Waals surface area contributed by atoms with Gasteiger partial charge in [0.1, 0.15) is 32.7 Å². The predicted molar refractivity (Wildman–Crippen MR) is 108 cm³/mol. The number of carbonyl (C=O) groups is 1. The van der Waals surface area contributed by atoms with Crippen LogP contribution in [0.1, 0.15) is 16.7 Å². The molecule has 0 bridgehead atoms. The van der Waals surface area contributed by atoms with Gasteiger partial charge in [-0.25, -0.2) is 5.43 Å². The van der Waals surface area contributed by atoms with Crippen LogP contribution in [0.25, 0.3) is 0 Å². The Morgan fingerprint density at radius 2 is 1.85 bits per heavy atom. The van der Waals surface area contributed by atoms with Crippen molar-refractivity contribution in [2.75, 3.05) is 32.7 Å². The highest BCUT2D eigenvalue weighted by Gasteiger charge is 2.25. The summed E-state index contributed by atoms with van der Waals surface area (Å²) in [5, 5.41) is 4.91. The summed E-state index contributed by atoms with van der Waals surface area (Å²) in [5.74, 6) is -0.0385. The molecule has 1 heterocycles. The van der Waals surface area contributed by atoms with E-state index < -0.39 is 0 Å². The number of aryl methyl sites for hydroxylation is 1. The summed E-state index contributed by atoms with van der Waals surface area (Å²) in [6.45, 7) is 7.49. The van der Waals surface area contributed by atoms with Crippen LogP contribution in [0.3, 0.4) is 0 Å². The summed E-state index contributed by atoms with van der Waals surface area (Å²) in [5.41, 5.74) is 6.00. The van der Waals surface area contributed by atoms with E-state index in [1.54, 1.807) is 6.21 Å². The van der Waals surface area contributed by atoms with Crippen LogP contribution in [-0.4, -0.2) is 44.8 Å². The van der Waals surface area contributed by atoms with Gasteiger partial charge in [0.2, 0.25) is 0 Å². The summed E-state index contributed by atoms with van der Waals surface area (Å²) in [7, 11) is 0. The first kappa shape index (κ1) is 19.5. The monoisotopic (exact) mass is 386 g/mol. The molecule has 0 unspecified atom stereocenters. The van der Waals surface area contributed by atoms with Crippen molar-refractivity contribution in [2.45, 2.75) is 13.5 Å². The zero-order chi connectivity index (χ0) is 19.1. The normalized spacial score (nSPS) is 19.9. The first-order valence-electron chi connectivity index (χ1n) is 9.39. The largest absolute Gasteiger partial charge is 0.322 e. The Morgan fingerprint density at radius 3 is 2.59 bits per heavy atom. The average Bonchev–Trinajstić information content (AvgIpc) is 2.65. The lowest BCUT2D eigenvalue weighted by Gasteiger charge is -2.29. The molecule has 5 nitrogen and oxygen atoms in total. The second-order valence-corrected chi connectivity index (χ2v) is 7.56. The number of carbonyl (C=O) groups excluding carboxylic acids is 1. The number of hydrazone groups is 1. The molecule has 2 aromatic rings. The number of halogens is 1. The Kier molecular flexibility index (Phi) is 6.98. The van der Waals surface area contributed by atoms with Gasteiger partial charge in [0.15, 0.2) is 6.54 Å². The van der Waals surface area contributed by atoms with E-state index in [4.69, 9.17) is 11.6 Å².